The number of hydrogen-bond acceptors (Lipinski definition) is 6. The summed E-state index contributed by atoms with van der Waals surface area (Å²) < 4.78 is 26.1. The summed E-state index contributed by atoms with van der Waals surface area (Å²) in [5, 5.41) is 16.2. The molecule has 0 aliphatic carbocycles. The van der Waals surface area contributed by atoms with Crippen molar-refractivity contribution in [2.24, 2.45) is 0 Å². The van der Waals surface area contributed by atoms with Crippen molar-refractivity contribution in [3.05, 3.63) is 95.6 Å². The van der Waals surface area contributed by atoms with E-state index >= 15 is 0 Å². The summed E-state index contributed by atoms with van der Waals surface area (Å²) in [5.41, 5.74) is 4.32. The van der Waals surface area contributed by atoms with Crippen LogP contribution in [-0.4, -0.2) is 43.0 Å². The zero-order chi connectivity index (χ0) is 24.7. The van der Waals surface area contributed by atoms with Gasteiger partial charge in [-0.15, -0.1) is 11.8 Å². The summed E-state index contributed by atoms with van der Waals surface area (Å²) in [6, 6.07) is 24.3. The van der Waals surface area contributed by atoms with Crippen LogP contribution in [0.1, 0.15) is 29.0 Å². The largest absolute Gasteiger partial charge is 0.481 e. The first-order chi connectivity index (χ1) is 16.9. The first-order valence-electron chi connectivity index (χ1n) is 11.7. The number of thioether (sulfide) groups is 1. The molecule has 6 nitrogen and oxygen atoms in total. The molecule has 35 heavy (non-hydrogen) atoms. The van der Waals surface area contributed by atoms with Gasteiger partial charge < -0.3 is 10.4 Å². The van der Waals surface area contributed by atoms with Gasteiger partial charge in [-0.2, -0.15) is 0 Å². The second-order valence-electron chi connectivity index (χ2n) is 8.68. The van der Waals surface area contributed by atoms with Gasteiger partial charge in [0.25, 0.3) is 0 Å². The lowest BCUT2D eigenvalue weighted by atomic mass is 9.98. The Labute approximate surface area is 211 Å². The molecule has 4 rings (SSSR count). The number of aliphatic carboxylic acids is 1. The number of benzene rings is 3. The van der Waals surface area contributed by atoms with Crippen LogP contribution in [0.5, 0.6) is 0 Å². The number of anilines is 1. The third-order valence-electron chi connectivity index (χ3n) is 6.04. The molecule has 1 fully saturated rings. The third kappa shape index (κ3) is 7.34. The Morgan fingerprint density at radius 2 is 1.74 bits per heavy atom. The van der Waals surface area contributed by atoms with E-state index in [4.69, 9.17) is 0 Å². The topological polar surface area (TPSA) is 95.5 Å². The van der Waals surface area contributed by atoms with Crippen molar-refractivity contribution in [1.82, 2.24) is 5.32 Å². The molecule has 0 amide bonds. The van der Waals surface area contributed by atoms with Crippen LogP contribution in [0, 0.1) is 0 Å². The summed E-state index contributed by atoms with van der Waals surface area (Å²) in [7, 11) is -3.63. The summed E-state index contributed by atoms with van der Waals surface area (Å²) in [4.78, 5) is 11.6. The molecule has 184 valence electrons. The van der Waals surface area contributed by atoms with Gasteiger partial charge in [0.15, 0.2) is 9.84 Å². The maximum absolute atomic E-state index is 13.1. The minimum atomic E-state index is -3.63. The Balaban J connectivity index is 1.38. The summed E-state index contributed by atoms with van der Waals surface area (Å²) >= 11 is 1.86. The van der Waals surface area contributed by atoms with Crippen LogP contribution in [-0.2, 0) is 27.5 Å². The van der Waals surface area contributed by atoms with Crippen LogP contribution < -0.4 is 10.6 Å². The summed E-state index contributed by atoms with van der Waals surface area (Å²) in [6.45, 7) is 1.01. The standard InChI is InChI=1S/C27H30N2O4S2/c30-26(31)18-23(22-6-2-1-3-7-22)19-35(32,33)25-13-11-20(12-14-25)9-10-21-5-4-8-24(17-21)29-27-28-15-16-34-27/h1-8,11-14,17,23,27-29H,9-10,15-16,18-19H2,(H,30,31). The number of hydrogen-bond donors (Lipinski definition) is 3. The highest BCUT2D eigenvalue weighted by atomic mass is 32.2. The van der Waals surface area contributed by atoms with Gasteiger partial charge in [0.1, 0.15) is 5.50 Å². The van der Waals surface area contributed by atoms with Crippen LogP contribution in [0.3, 0.4) is 0 Å². The molecule has 1 saturated heterocycles. The van der Waals surface area contributed by atoms with Gasteiger partial charge in [-0.25, -0.2) is 8.42 Å². The molecule has 3 N–H and O–H groups in total. The Kier molecular flexibility index (Phi) is 8.49. The Bertz CT molecular complexity index is 1230. The van der Waals surface area contributed by atoms with E-state index < -0.39 is 21.7 Å². The number of rotatable bonds is 11. The summed E-state index contributed by atoms with van der Waals surface area (Å²) in [5.74, 6) is -0.745. The fraction of sp³-hybridized carbons (Fsp3) is 0.296. The van der Waals surface area contributed by atoms with Gasteiger partial charge in [0.05, 0.1) is 17.1 Å². The molecular formula is C27H30N2O4S2. The normalized spacial score (nSPS) is 16.6. The third-order valence-corrected chi connectivity index (χ3v) is 8.93. The fourth-order valence-corrected chi connectivity index (χ4v) is 6.72. The van der Waals surface area contributed by atoms with E-state index in [0.717, 1.165) is 36.4 Å². The Morgan fingerprint density at radius 1 is 1.00 bits per heavy atom. The van der Waals surface area contributed by atoms with Gasteiger partial charge in [-0.1, -0.05) is 54.6 Å². The van der Waals surface area contributed by atoms with Crippen molar-refractivity contribution in [2.45, 2.75) is 35.6 Å². The van der Waals surface area contributed by atoms with Gasteiger partial charge >= 0.3 is 5.97 Å². The van der Waals surface area contributed by atoms with Crippen LogP contribution in [0.2, 0.25) is 0 Å². The van der Waals surface area contributed by atoms with Crippen molar-refractivity contribution >= 4 is 33.3 Å². The highest BCUT2D eigenvalue weighted by Crippen LogP contribution is 2.26. The zero-order valence-corrected chi connectivity index (χ0v) is 21.0. The first-order valence-corrected chi connectivity index (χ1v) is 14.4. The average molecular weight is 511 g/mol. The van der Waals surface area contributed by atoms with Gasteiger partial charge in [-0.05, 0) is 53.8 Å². The second-order valence-corrected chi connectivity index (χ2v) is 11.9. The average Bonchev–Trinajstić information content (AvgIpc) is 3.36. The molecule has 3 aromatic rings. The maximum Gasteiger partial charge on any atom is 0.303 e. The molecule has 0 saturated carbocycles. The number of carboxylic acids is 1. The predicted octanol–water partition coefficient (Wildman–Crippen LogP) is 4.54. The molecule has 8 heteroatoms. The highest BCUT2D eigenvalue weighted by molar-refractivity contribution is 8.00. The van der Waals surface area contributed by atoms with Crippen LogP contribution in [0.4, 0.5) is 5.69 Å². The molecule has 1 aliphatic heterocycles. The fourth-order valence-electron chi connectivity index (χ4n) is 4.21. The molecule has 1 heterocycles. The van der Waals surface area contributed by atoms with E-state index in [9.17, 15) is 18.3 Å². The predicted molar refractivity (Wildman–Crippen MR) is 142 cm³/mol. The molecular weight excluding hydrogens is 480 g/mol. The zero-order valence-electron chi connectivity index (χ0n) is 19.4. The SMILES string of the molecule is O=C(O)CC(CS(=O)(=O)c1ccc(CCc2cccc(NC3NCCS3)c2)cc1)c1ccccc1. The van der Waals surface area contributed by atoms with Crippen LogP contribution in [0.25, 0.3) is 0 Å². The van der Waals surface area contributed by atoms with Crippen LogP contribution >= 0.6 is 11.8 Å². The lowest BCUT2D eigenvalue weighted by Crippen LogP contribution is -2.27. The minimum absolute atomic E-state index is 0.223. The van der Waals surface area contributed by atoms with E-state index in [1.807, 2.05) is 36.0 Å². The lowest BCUT2D eigenvalue weighted by Gasteiger charge is -2.16. The number of sulfone groups is 1. The lowest BCUT2D eigenvalue weighted by molar-refractivity contribution is -0.137. The first kappa shape index (κ1) is 25.3. The van der Waals surface area contributed by atoms with Crippen molar-refractivity contribution < 1.29 is 18.3 Å². The monoisotopic (exact) mass is 510 g/mol. The molecule has 0 aromatic heterocycles. The van der Waals surface area contributed by atoms with E-state index in [2.05, 4.69) is 28.8 Å². The summed E-state index contributed by atoms with van der Waals surface area (Å²) in [6.07, 6.45) is 1.41. The second kappa shape index (κ2) is 11.7. The van der Waals surface area contributed by atoms with Gasteiger partial charge in [0.2, 0.25) is 0 Å². The smallest absolute Gasteiger partial charge is 0.303 e. The Morgan fingerprint density at radius 3 is 2.43 bits per heavy atom. The molecule has 3 aromatic carbocycles. The maximum atomic E-state index is 13.1. The van der Waals surface area contributed by atoms with E-state index in [-0.39, 0.29) is 22.6 Å². The Hall–Kier alpha value is -2.81. The molecule has 0 radical (unpaired) electrons. The molecule has 1 aliphatic rings. The van der Waals surface area contributed by atoms with E-state index in [1.165, 1.54) is 5.56 Å². The molecule has 0 bridgehead atoms. The molecule has 2 unspecified atom stereocenters. The van der Waals surface area contributed by atoms with Crippen molar-refractivity contribution in [3.8, 4) is 0 Å². The van der Waals surface area contributed by atoms with Crippen molar-refractivity contribution in [3.63, 3.8) is 0 Å². The highest BCUT2D eigenvalue weighted by Gasteiger charge is 2.24. The van der Waals surface area contributed by atoms with Crippen LogP contribution in [0.15, 0.2) is 83.8 Å². The minimum Gasteiger partial charge on any atom is -0.481 e. The number of carboxylic acid groups (broad SMARTS) is 1. The quantitative estimate of drug-likeness (QED) is 0.349. The molecule has 0 spiro atoms. The van der Waals surface area contributed by atoms with Gasteiger partial charge in [-0.3, -0.25) is 10.1 Å². The molecule has 2 atom stereocenters. The number of carbonyl (C=O) groups is 1. The van der Waals surface area contributed by atoms with Crippen molar-refractivity contribution in [1.29, 1.82) is 0 Å². The van der Waals surface area contributed by atoms with Gasteiger partial charge in [0, 0.05) is 23.9 Å². The number of nitrogens with one attached hydrogen (secondary N) is 2. The number of aryl methyl sites for hydroxylation is 2. The van der Waals surface area contributed by atoms with Crippen molar-refractivity contribution in [2.75, 3.05) is 23.4 Å². The van der Waals surface area contributed by atoms with E-state index in [1.54, 1.807) is 36.4 Å². The van der Waals surface area contributed by atoms with E-state index in [0.29, 0.717) is 5.56 Å².